The van der Waals surface area contributed by atoms with Gasteiger partial charge in [-0.25, -0.2) is 0 Å². The highest BCUT2D eigenvalue weighted by Gasteiger charge is 2.18. The smallest absolute Gasteiger partial charge is 0.150 e. The van der Waals surface area contributed by atoms with E-state index < -0.39 is 0 Å². The number of ether oxygens (including phenoxy) is 1. The monoisotopic (exact) mass is 341 g/mol. The van der Waals surface area contributed by atoms with Crippen molar-refractivity contribution in [2.45, 2.75) is 12.8 Å². The maximum absolute atomic E-state index is 11.8. The number of rotatable bonds is 4. The van der Waals surface area contributed by atoms with E-state index >= 15 is 0 Å². The summed E-state index contributed by atoms with van der Waals surface area (Å²) in [4.78, 5) is 14.0. The largest absolute Gasteiger partial charge is 0.489 e. The van der Waals surface area contributed by atoms with Crippen molar-refractivity contribution in [3.8, 4) is 5.75 Å². The van der Waals surface area contributed by atoms with Gasteiger partial charge in [-0.05, 0) is 48.7 Å². The van der Waals surface area contributed by atoms with Gasteiger partial charge >= 0.3 is 0 Å². The molecule has 0 radical (unpaired) electrons. The van der Waals surface area contributed by atoms with Crippen LogP contribution in [-0.2, 0) is 4.79 Å². The molecule has 0 aromatic heterocycles. The number of anilines is 1. The first-order valence-electron chi connectivity index (χ1n) is 8.05. The predicted octanol–water partition coefficient (Wildman–Crippen LogP) is 4.60. The van der Waals surface area contributed by atoms with E-state index in [9.17, 15) is 4.79 Å². The molecule has 0 fully saturated rings. The van der Waals surface area contributed by atoms with Crippen molar-refractivity contribution in [2.24, 2.45) is 0 Å². The lowest BCUT2D eigenvalue weighted by Crippen LogP contribution is -2.22. The van der Waals surface area contributed by atoms with E-state index in [1.807, 2.05) is 30.3 Å². The Morgan fingerprint density at radius 2 is 1.92 bits per heavy atom. The van der Waals surface area contributed by atoms with Gasteiger partial charge in [0.25, 0.3) is 0 Å². The van der Waals surface area contributed by atoms with E-state index in [2.05, 4.69) is 18.0 Å². The fourth-order valence-corrected chi connectivity index (χ4v) is 3.13. The number of carbonyl (C=O) groups excluding carboxylic acids is 1. The Morgan fingerprint density at radius 3 is 2.67 bits per heavy atom. The van der Waals surface area contributed by atoms with Crippen molar-refractivity contribution in [1.82, 2.24) is 0 Å². The number of carbonyl (C=O) groups is 1. The zero-order valence-corrected chi connectivity index (χ0v) is 14.4. The van der Waals surface area contributed by atoms with Gasteiger partial charge in [-0.15, -0.1) is 0 Å². The van der Waals surface area contributed by atoms with Crippen LogP contribution in [-0.4, -0.2) is 26.5 Å². The highest BCUT2D eigenvalue weighted by Crippen LogP contribution is 2.32. The second-order valence-electron chi connectivity index (χ2n) is 5.92. The van der Waals surface area contributed by atoms with E-state index in [0.29, 0.717) is 11.6 Å². The van der Waals surface area contributed by atoms with E-state index in [4.69, 9.17) is 16.3 Å². The van der Waals surface area contributed by atoms with Gasteiger partial charge in [0.15, 0.2) is 6.29 Å². The fraction of sp³-hybridized carbons (Fsp3) is 0.250. The molecule has 1 aliphatic heterocycles. The van der Waals surface area contributed by atoms with E-state index in [1.165, 1.54) is 0 Å². The summed E-state index contributed by atoms with van der Waals surface area (Å²) in [5.74, 6) is 0.754. The molecule has 0 atom stereocenters. The second-order valence-corrected chi connectivity index (χ2v) is 6.36. The summed E-state index contributed by atoms with van der Waals surface area (Å²) in [6.07, 6.45) is 2.79. The molecule has 0 aliphatic carbocycles. The number of nitrogens with zero attached hydrogens (tertiary/aromatic N) is 1. The molecule has 3 nitrogen and oxygen atoms in total. The maximum atomic E-state index is 11.8. The van der Waals surface area contributed by atoms with Crippen LogP contribution in [0.15, 0.2) is 54.1 Å². The Labute approximate surface area is 147 Å². The minimum atomic E-state index is 0.410. The van der Waals surface area contributed by atoms with Crippen LogP contribution in [0.25, 0.3) is 5.57 Å². The van der Waals surface area contributed by atoms with Crippen molar-refractivity contribution in [2.75, 3.05) is 25.1 Å². The Morgan fingerprint density at radius 1 is 1.17 bits per heavy atom. The number of hydrogen-bond acceptors (Lipinski definition) is 3. The van der Waals surface area contributed by atoms with Gasteiger partial charge in [0, 0.05) is 35.4 Å². The standard InChI is InChI=1S/C20H20ClNO2/c1-22-12-4-5-15(14-24-17-10-8-16(21)9-11-17)19(13-23)18-6-2-3-7-20(18)22/h2-3,6-11,13H,4-5,12,14H2,1H3/b19-15+. The Balaban J connectivity index is 1.92. The number of allylic oxidation sites excluding steroid dienone is 1. The van der Waals surface area contributed by atoms with E-state index in [0.717, 1.165) is 53.8 Å². The topological polar surface area (TPSA) is 29.5 Å². The zero-order valence-electron chi connectivity index (χ0n) is 13.7. The summed E-state index contributed by atoms with van der Waals surface area (Å²) in [6.45, 7) is 1.36. The highest BCUT2D eigenvalue weighted by molar-refractivity contribution is 6.30. The number of fused-ring (bicyclic) bond motifs is 1. The van der Waals surface area contributed by atoms with Crippen molar-refractivity contribution in [3.63, 3.8) is 0 Å². The molecular weight excluding hydrogens is 322 g/mol. The summed E-state index contributed by atoms with van der Waals surface area (Å²) >= 11 is 5.90. The third-order valence-corrected chi connectivity index (χ3v) is 4.55. The van der Waals surface area contributed by atoms with Crippen LogP contribution >= 0.6 is 11.6 Å². The predicted molar refractivity (Wildman–Crippen MR) is 98.9 cm³/mol. The molecule has 4 heteroatoms. The molecule has 0 N–H and O–H groups in total. The molecule has 24 heavy (non-hydrogen) atoms. The summed E-state index contributed by atoms with van der Waals surface area (Å²) in [5, 5.41) is 0.679. The summed E-state index contributed by atoms with van der Waals surface area (Å²) in [6, 6.07) is 15.3. The lowest BCUT2D eigenvalue weighted by molar-refractivity contribution is -0.103. The Hall–Kier alpha value is -2.26. The third-order valence-electron chi connectivity index (χ3n) is 4.30. The number of para-hydroxylation sites is 1. The van der Waals surface area contributed by atoms with Crippen LogP contribution in [0.3, 0.4) is 0 Å². The van der Waals surface area contributed by atoms with E-state index in [-0.39, 0.29) is 0 Å². The quantitative estimate of drug-likeness (QED) is 0.761. The molecule has 2 aromatic rings. The molecule has 1 heterocycles. The molecule has 0 bridgehead atoms. The lowest BCUT2D eigenvalue weighted by atomic mass is 9.94. The molecule has 0 amide bonds. The SMILES string of the molecule is CN1CCC/C(COc2ccc(Cl)cc2)=C(/C=O)c2ccccc21. The third kappa shape index (κ3) is 3.62. The minimum absolute atomic E-state index is 0.410. The van der Waals surface area contributed by atoms with Crippen LogP contribution in [0.2, 0.25) is 5.02 Å². The van der Waals surface area contributed by atoms with Crippen molar-refractivity contribution in [3.05, 3.63) is 64.7 Å². The van der Waals surface area contributed by atoms with Crippen LogP contribution in [0.4, 0.5) is 5.69 Å². The second kappa shape index (κ2) is 7.54. The molecule has 2 aromatic carbocycles. The fourth-order valence-electron chi connectivity index (χ4n) is 3.01. The summed E-state index contributed by atoms with van der Waals surface area (Å²) in [7, 11) is 2.07. The number of aldehydes is 1. The normalized spacial score (nSPS) is 17.7. The first kappa shape index (κ1) is 16.6. The van der Waals surface area contributed by atoms with Crippen LogP contribution in [0.1, 0.15) is 18.4 Å². The number of hydrogen-bond donors (Lipinski definition) is 0. The van der Waals surface area contributed by atoms with Crippen LogP contribution < -0.4 is 9.64 Å². The summed E-state index contributed by atoms with van der Waals surface area (Å²) in [5.41, 5.74) is 3.85. The molecule has 1 aliphatic rings. The lowest BCUT2D eigenvalue weighted by Gasteiger charge is -2.26. The maximum Gasteiger partial charge on any atom is 0.150 e. The number of halogens is 1. The summed E-state index contributed by atoms with van der Waals surface area (Å²) < 4.78 is 5.88. The molecule has 0 spiro atoms. The van der Waals surface area contributed by atoms with Gasteiger partial charge in [-0.2, -0.15) is 0 Å². The van der Waals surface area contributed by atoms with Gasteiger partial charge in [0.05, 0.1) is 0 Å². The van der Waals surface area contributed by atoms with Crippen LogP contribution in [0.5, 0.6) is 5.75 Å². The van der Waals surface area contributed by atoms with Gasteiger partial charge in [-0.1, -0.05) is 29.8 Å². The molecular formula is C20H20ClNO2. The van der Waals surface area contributed by atoms with Gasteiger partial charge < -0.3 is 9.64 Å². The minimum Gasteiger partial charge on any atom is -0.489 e. The van der Waals surface area contributed by atoms with Gasteiger partial charge in [0.2, 0.25) is 0 Å². The van der Waals surface area contributed by atoms with Crippen molar-refractivity contribution < 1.29 is 9.53 Å². The molecule has 3 rings (SSSR count). The Bertz CT molecular complexity index is 752. The highest BCUT2D eigenvalue weighted by atomic mass is 35.5. The first-order chi connectivity index (χ1) is 11.7. The first-order valence-corrected chi connectivity index (χ1v) is 8.43. The van der Waals surface area contributed by atoms with E-state index in [1.54, 1.807) is 12.1 Å². The Kier molecular flexibility index (Phi) is 5.21. The molecule has 0 saturated heterocycles. The van der Waals surface area contributed by atoms with Crippen molar-refractivity contribution in [1.29, 1.82) is 0 Å². The zero-order chi connectivity index (χ0) is 16.9. The molecule has 124 valence electrons. The van der Waals surface area contributed by atoms with Crippen molar-refractivity contribution >= 4 is 29.1 Å². The van der Waals surface area contributed by atoms with Gasteiger partial charge in [0.1, 0.15) is 12.4 Å². The van der Waals surface area contributed by atoms with Gasteiger partial charge in [-0.3, -0.25) is 4.79 Å². The number of benzene rings is 2. The average Bonchev–Trinajstić information content (AvgIpc) is 2.60. The molecule has 0 unspecified atom stereocenters. The van der Waals surface area contributed by atoms with Crippen LogP contribution in [0, 0.1) is 0 Å². The average molecular weight is 342 g/mol. The molecule has 0 saturated carbocycles.